The Morgan fingerprint density at radius 3 is 2.68 bits per heavy atom. The molecule has 1 N–H and O–H groups in total. The second kappa shape index (κ2) is 7.18. The Bertz CT molecular complexity index is 887. The number of thioether (sulfide) groups is 1. The van der Waals surface area contributed by atoms with E-state index in [0.717, 1.165) is 17.0 Å². The van der Waals surface area contributed by atoms with Crippen LogP contribution in [0.25, 0.3) is 0 Å². The lowest BCUT2D eigenvalue weighted by molar-refractivity contribution is -0.116. The predicted molar refractivity (Wildman–Crippen MR) is 98.2 cm³/mol. The van der Waals surface area contributed by atoms with Gasteiger partial charge in [-0.25, -0.2) is 0 Å². The molecule has 0 bridgehead atoms. The highest BCUT2D eigenvalue weighted by Gasteiger charge is 2.18. The first-order chi connectivity index (χ1) is 11.9. The monoisotopic (exact) mass is 357 g/mol. The van der Waals surface area contributed by atoms with Gasteiger partial charge >= 0.3 is 0 Å². The van der Waals surface area contributed by atoms with Gasteiger partial charge in [0.15, 0.2) is 0 Å². The van der Waals surface area contributed by atoms with Gasteiger partial charge in [0.2, 0.25) is 11.1 Å². The number of benzene rings is 1. The van der Waals surface area contributed by atoms with Crippen LogP contribution in [-0.4, -0.2) is 32.2 Å². The van der Waals surface area contributed by atoms with Crippen LogP contribution in [-0.2, 0) is 4.79 Å². The molecular weight excluding hydrogens is 338 g/mol. The van der Waals surface area contributed by atoms with E-state index in [2.05, 4.69) is 20.6 Å². The number of aryl methyl sites for hydroxylation is 1. The number of anilines is 1. The molecule has 0 aliphatic carbocycles. The average Bonchev–Trinajstić information content (AvgIpc) is 2.58. The van der Waals surface area contributed by atoms with Gasteiger partial charge in [0.05, 0.1) is 5.71 Å². The van der Waals surface area contributed by atoms with Crippen LogP contribution in [0.1, 0.15) is 31.5 Å². The zero-order valence-electron chi connectivity index (χ0n) is 14.3. The van der Waals surface area contributed by atoms with E-state index >= 15 is 0 Å². The molecule has 1 amide bonds. The molecule has 0 unspecified atom stereocenters. The molecule has 1 aromatic heterocycles. The Kier molecular flexibility index (Phi) is 4.98. The normalized spacial score (nSPS) is 13.4. The molecule has 1 aliphatic rings. The van der Waals surface area contributed by atoms with Gasteiger partial charge < -0.3 is 5.32 Å². The molecule has 2 aromatic rings. The van der Waals surface area contributed by atoms with E-state index in [1.54, 1.807) is 6.92 Å². The van der Waals surface area contributed by atoms with Gasteiger partial charge in [-0.3, -0.25) is 9.59 Å². The first-order valence-electron chi connectivity index (χ1n) is 8.01. The number of rotatable bonds is 4. The molecule has 25 heavy (non-hydrogen) atoms. The van der Waals surface area contributed by atoms with E-state index in [0.29, 0.717) is 28.9 Å². The summed E-state index contributed by atoms with van der Waals surface area (Å²) in [6, 6.07) is 7.47. The number of fused-ring (bicyclic) bond motifs is 1. The van der Waals surface area contributed by atoms with Crippen LogP contribution in [0.3, 0.4) is 0 Å². The summed E-state index contributed by atoms with van der Waals surface area (Å²) in [4.78, 5) is 24.0. The maximum atomic E-state index is 12.1. The van der Waals surface area contributed by atoms with E-state index in [9.17, 15) is 9.59 Å². The molecular formula is C17H19N5O2S. The summed E-state index contributed by atoms with van der Waals surface area (Å²) in [5.74, 6) is 0.927. The molecule has 0 radical (unpaired) electrons. The number of aromatic nitrogens is 3. The van der Waals surface area contributed by atoms with Crippen LogP contribution in [0.15, 0.2) is 39.3 Å². The van der Waals surface area contributed by atoms with Crippen molar-refractivity contribution in [3.8, 4) is 0 Å². The maximum absolute atomic E-state index is 12.1. The van der Waals surface area contributed by atoms with Crippen molar-refractivity contribution in [1.29, 1.82) is 0 Å². The fourth-order valence-corrected chi connectivity index (χ4v) is 3.21. The Balaban J connectivity index is 1.81. The molecule has 0 spiro atoms. The van der Waals surface area contributed by atoms with Crippen molar-refractivity contribution in [2.75, 3.05) is 11.1 Å². The van der Waals surface area contributed by atoms with Gasteiger partial charge in [-0.05, 0) is 30.5 Å². The summed E-state index contributed by atoms with van der Waals surface area (Å²) in [7, 11) is 0. The molecule has 0 saturated carbocycles. The first kappa shape index (κ1) is 17.3. The van der Waals surface area contributed by atoms with Gasteiger partial charge in [-0.2, -0.15) is 9.78 Å². The standard InChI is InChI=1S/C17H19N5O2S/c1-10(2)8-15(23)18-13-6-4-12(5-7-13)14-9-25-17-20-19-11(3)16(24)22(17)21-14/h4-7,10H,8-9H2,1-3H3,(H,18,23). The molecule has 3 rings (SSSR count). The molecule has 130 valence electrons. The van der Waals surface area contributed by atoms with E-state index in [-0.39, 0.29) is 11.5 Å². The lowest BCUT2D eigenvalue weighted by atomic mass is 10.1. The second-order valence-corrected chi connectivity index (χ2v) is 7.19. The quantitative estimate of drug-likeness (QED) is 0.907. The summed E-state index contributed by atoms with van der Waals surface area (Å²) in [6.07, 6.45) is 0.491. The molecule has 1 aromatic carbocycles. The van der Waals surface area contributed by atoms with Crippen LogP contribution in [0.5, 0.6) is 0 Å². The summed E-state index contributed by atoms with van der Waals surface area (Å²) in [5, 5.41) is 15.6. The number of hydrogen-bond acceptors (Lipinski definition) is 6. The minimum atomic E-state index is -0.257. The Morgan fingerprint density at radius 1 is 1.28 bits per heavy atom. The minimum absolute atomic E-state index is 0.00263. The maximum Gasteiger partial charge on any atom is 0.296 e. The van der Waals surface area contributed by atoms with Crippen LogP contribution < -0.4 is 10.9 Å². The third-order valence-electron chi connectivity index (χ3n) is 3.62. The van der Waals surface area contributed by atoms with Crippen LogP contribution in [0.4, 0.5) is 5.69 Å². The van der Waals surface area contributed by atoms with E-state index in [4.69, 9.17) is 0 Å². The highest BCUT2D eigenvalue weighted by Crippen LogP contribution is 2.21. The number of carbonyl (C=O) groups is 1. The minimum Gasteiger partial charge on any atom is -0.326 e. The number of nitrogens with zero attached hydrogens (tertiary/aromatic N) is 4. The fraction of sp³-hybridized carbons (Fsp3) is 0.353. The second-order valence-electron chi connectivity index (χ2n) is 6.24. The number of nitrogens with one attached hydrogen (secondary N) is 1. The SMILES string of the molecule is Cc1nnc2n(c1=O)N=C(c1ccc(NC(=O)CC(C)C)cc1)CS2. The average molecular weight is 357 g/mol. The van der Waals surface area contributed by atoms with Crippen molar-refractivity contribution in [2.24, 2.45) is 11.0 Å². The molecule has 0 atom stereocenters. The van der Waals surface area contributed by atoms with Gasteiger partial charge in [0.25, 0.3) is 5.56 Å². The van der Waals surface area contributed by atoms with Crippen LogP contribution >= 0.6 is 11.8 Å². The molecule has 0 saturated heterocycles. The number of carbonyl (C=O) groups excluding carboxylic acids is 1. The zero-order valence-corrected chi connectivity index (χ0v) is 15.1. The molecule has 8 heteroatoms. The first-order valence-corrected chi connectivity index (χ1v) is 9.00. The van der Waals surface area contributed by atoms with E-state index in [1.807, 2.05) is 38.1 Å². The van der Waals surface area contributed by atoms with Crippen molar-refractivity contribution < 1.29 is 4.79 Å². The number of amides is 1. The predicted octanol–water partition coefficient (Wildman–Crippen LogP) is 2.29. The van der Waals surface area contributed by atoms with Crippen LogP contribution in [0, 0.1) is 12.8 Å². The third-order valence-corrected chi connectivity index (χ3v) is 4.55. The Labute approximate surface area is 149 Å². The lowest BCUT2D eigenvalue weighted by Gasteiger charge is -2.15. The van der Waals surface area contributed by atoms with E-state index < -0.39 is 0 Å². The molecule has 2 heterocycles. The summed E-state index contributed by atoms with van der Waals surface area (Å²) < 4.78 is 1.30. The fourth-order valence-electron chi connectivity index (χ4n) is 2.37. The highest BCUT2D eigenvalue weighted by atomic mass is 32.2. The zero-order chi connectivity index (χ0) is 18.0. The molecule has 1 aliphatic heterocycles. The van der Waals surface area contributed by atoms with Crippen molar-refractivity contribution in [2.45, 2.75) is 32.3 Å². The smallest absolute Gasteiger partial charge is 0.296 e. The molecule has 7 nitrogen and oxygen atoms in total. The van der Waals surface area contributed by atoms with Gasteiger partial charge in [-0.15, -0.1) is 10.2 Å². The van der Waals surface area contributed by atoms with Crippen molar-refractivity contribution >= 4 is 29.1 Å². The Morgan fingerprint density at radius 2 is 2.00 bits per heavy atom. The summed E-state index contributed by atoms with van der Waals surface area (Å²) in [5.41, 5.74) is 2.50. The topological polar surface area (TPSA) is 89.2 Å². The van der Waals surface area contributed by atoms with Crippen molar-refractivity contribution in [3.05, 3.63) is 45.9 Å². The van der Waals surface area contributed by atoms with Gasteiger partial charge in [0.1, 0.15) is 5.69 Å². The highest BCUT2D eigenvalue weighted by molar-refractivity contribution is 7.99. The summed E-state index contributed by atoms with van der Waals surface area (Å²) >= 11 is 1.43. The largest absolute Gasteiger partial charge is 0.326 e. The third kappa shape index (κ3) is 3.96. The van der Waals surface area contributed by atoms with Crippen molar-refractivity contribution in [3.63, 3.8) is 0 Å². The molecule has 0 fully saturated rings. The van der Waals surface area contributed by atoms with Crippen molar-refractivity contribution in [1.82, 2.24) is 14.9 Å². The van der Waals surface area contributed by atoms with Crippen LogP contribution in [0.2, 0.25) is 0 Å². The van der Waals surface area contributed by atoms with Gasteiger partial charge in [-0.1, -0.05) is 37.7 Å². The lowest BCUT2D eigenvalue weighted by Crippen LogP contribution is -2.28. The van der Waals surface area contributed by atoms with Gasteiger partial charge in [0, 0.05) is 17.9 Å². The number of hydrogen-bond donors (Lipinski definition) is 1. The van der Waals surface area contributed by atoms with E-state index in [1.165, 1.54) is 16.4 Å². The summed E-state index contributed by atoms with van der Waals surface area (Å²) in [6.45, 7) is 5.63. The Hall–Kier alpha value is -2.48.